The second-order valence-corrected chi connectivity index (χ2v) is 19.4. The highest BCUT2D eigenvalue weighted by molar-refractivity contribution is 6.24. The first-order chi connectivity index (χ1) is 35.4. The highest BCUT2D eigenvalue weighted by atomic mass is 19.1. The van der Waals surface area contributed by atoms with Crippen LogP contribution in [-0.2, 0) is 30.3 Å². The summed E-state index contributed by atoms with van der Waals surface area (Å²) in [6, 6.07) is 0.971. The number of methoxy groups -OCH3 is 1. The number of phenolic OH excluding ortho intramolecular Hbond substituents is 3. The number of rotatable bonds is 7. The first kappa shape index (κ1) is 55.2. The summed E-state index contributed by atoms with van der Waals surface area (Å²) in [6.45, 7) is 14.7. The molecule has 1 fully saturated rings. The van der Waals surface area contributed by atoms with Crippen molar-refractivity contribution in [3.05, 3.63) is 86.7 Å². The number of carboxylic acids is 1. The van der Waals surface area contributed by atoms with Gasteiger partial charge in [-0.05, 0) is 32.9 Å². The molecule has 22 heteroatoms. The molecule has 0 spiro atoms. The van der Waals surface area contributed by atoms with Crippen molar-refractivity contribution < 1.29 is 73.2 Å². The average Bonchev–Trinajstić information content (AvgIpc) is 3.64. The molecule has 0 saturated carbocycles. The van der Waals surface area contributed by atoms with Gasteiger partial charge in [-0.15, -0.1) is 0 Å². The van der Waals surface area contributed by atoms with Crippen LogP contribution in [0.15, 0.2) is 58.3 Å². The number of allylic oxidation sites excluding steroid dienone is 2. The Morgan fingerprint density at radius 1 is 0.973 bits per heavy atom. The number of carboxylic acid groups (broad SMARTS) is 1. The third kappa shape index (κ3) is 10.3. The topological polar surface area (TPSA) is 292 Å². The number of fused-ring (bicyclic) bond motifs is 15. The van der Waals surface area contributed by atoms with Gasteiger partial charge in [0, 0.05) is 87.0 Å². The number of piperazine rings is 1. The number of aliphatic hydroxyl groups is 2. The van der Waals surface area contributed by atoms with Crippen LogP contribution in [0.3, 0.4) is 0 Å². The Morgan fingerprint density at radius 2 is 1.65 bits per heavy atom. The molecule has 0 radical (unpaired) electrons. The number of aromatic nitrogens is 2. The standard InChI is InChI=1S/C53H63FN6O15/c1-11-58-23-33(52(70)71)43(65)31-21-34(54)50(57-49(31)58)59-16-18-60(19-17-59)55-22-32-39-45(67)37-36(44(32)66)38-47(29(7)42(37)64)75-53(9,48(38)68)73-20-15-35(72-10)26(4)46(74-30(8)61)28(6)41(63)27(5)40(62)24(2)13-12-14-25(3)51(69)56-39/h12-15,20-24,26-28,35,40-41,46,62-64,66-67H,11,16-19H2,1-10H3,(H,56,69)(H,70,71)/b13-12+,20-15+,25-14-,55-22+/t24-,26+,27+,28+,35-,40-,41+,46+,53-/m0/s1. The summed E-state index contributed by atoms with van der Waals surface area (Å²) in [6.07, 6.45) is 5.40. The van der Waals surface area contributed by atoms with Gasteiger partial charge in [-0.25, -0.2) is 14.2 Å². The van der Waals surface area contributed by atoms with E-state index < -0.39 is 123 Å². The molecule has 2 aromatic carbocycles. The van der Waals surface area contributed by atoms with Crippen LogP contribution in [0.4, 0.5) is 15.9 Å². The lowest BCUT2D eigenvalue weighted by Gasteiger charge is -2.38. The number of nitrogens with one attached hydrogen (secondary N) is 1. The molecule has 0 aliphatic carbocycles. The molecule has 1 saturated heterocycles. The van der Waals surface area contributed by atoms with E-state index in [0.29, 0.717) is 0 Å². The molecule has 0 unspecified atom stereocenters. The van der Waals surface area contributed by atoms with E-state index in [-0.39, 0.29) is 83.0 Å². The molecule has 2 aromatic heterocycles. The Hall–Kier alpha value is -7.56. The molecule has 75 heavy (non-hydrogen) atoms. The summed E-state index contributed by atoms with van der Waals surface area (Å²) >= 11 is 0. The van der Waals surface area contributed by atoms with Gasteiger partial charge in [-0.3, -0.25) is 24.2 Å². The minimum atomic E-state index is -2.15. The number of esters is 1. The predicted octanol–water partition coefficient (Wildman–Crippen LogP) is 5.48. The summed E-state index contributed by atoms with van der Waals surface area (Å²) in [5.74, 6) is -11.7. The number of carbonyl (C=O) groups is 4. The van der Waals surface area contributed by atoms with Crippen LogP contribution in [0.25, 0.3) is 21.8 Å². The molecule has 21 nitrogen and oxygen atoms in total. The number of pyridine rings is 2. The van der Waals surface area contributed by atoms with Crippen LogP contribution in [0.5, 0.6) is 23.0 Å². The zero-order chi connectivity index (χ0) is 55.1. The normalized spacial score (nSPS) is 27.5. The van der Waals surface area contributed by atoms with Gasteiger partial charge < -0.3 is 64.4 Å². The summed E-state index contributed by atoms with van der Waals surface area (Å²) < 4.78 is 40.8. The number of hydrogen-bond donors (Lipinski definition) is 7. The molecule has 5 bridgehead atoms. The Kier molecular flexibility index (Phi) is 16.0. The number of aromatic carboxylic acids is 1. The molecule has 9 atom stereocenters. The van der Waals surface area contributed by atoms with Crippen LogP contribution in [0.1, 0.15) is 87.2 Å². The molecule has 7 N–H and O–H groups in total. The van der Waals surface area contributed by atoms with Gasteiger partial charge in [-0.2, -0.15) is 5.10 Å². The number of carbonyl (C=O) groups excluding carboxylic acids is 3. The number of phenols is 3. The maximum absolute atomic E-state index is 15.7. The molecule has 8 rings (SSSR count). The zero-order valence-electron chi connectivity index (χ0n) is 43.2. The third-order valence-corrected chi connectivity index (χ3v) is 14.5. The number of hydrazone groups is 1. The Morgan fingerprint density at radius 3 is 2.28 bits per heavy atom. The monoisotopic (exact) mass is 1040 g/mol. The van der Waals surface area contributed by atoms with E-state index in [1.807, 2.05) is 0 Å². The minimum absolute atomic E-state index is 0.0221. The van der Waals surface area contributed by atoms with E-state index in [4.69, 9.17) is 18.9 Å². The molecule has 4 aliphatic rings. The van der Waals surface area contributed by atoms with Gasteiger partial charge >= 0.3 is 17.7 Å². The lowest BCUT2D eigenvalue weighted by molar-refractivity contribution is -0.160. The Labute approximate surface area is 430 Å². The smallest absolute Gasteiger partial charge is 0.341 e. The van der Waals surface area contributed by atoms with Gasteiger partial charge in [0.25, 0.3) is 11.7 Å². The van der Waals surface area contributed by atoms with Gasteiger partial charge in [0.2, 0.25) is 5.43 Å². The van der Waals surface area contributed by atoms with Gasteiger partial charge in [0.1, 0.15) is 34.6 Å². The van der Waals surface area contributed by atoms with Crippen molar-refractivity contribution >= 4 is 63.2 Å². The number of hydrogen-bond acceptors (Lipinski definition) is 18. The lowest BCUT2D eigenvalue weighted by Crippen LogP contribution is -2.46. The van der Waals surface area contributed by atoms with Gasteiger partial charge in [-0.1, -0.05) is 45.9 Å². The number of aromatic hydroxyl groups is 3. The van der Waals surface area contributed by atoms with Crippen molar-refractivity contribution in [3.63, 3.8) is 0 Å². The van der Waals surface area contributed by atoms with E-state index in [0.717, 1.165) is 24.7 Å². The number of nitrogens with zero attached hydrogens (tertiary/aromatic N) is 5. The number of aliphatic hydroxyl groups excluding tert-OH is 2. The molecular formula is C53H63FN6O15. The lowest BCUT2D eigenvalue weighted by atomic mass is 9.78. The zero-order valence-corrected chi connectivity index (χ0v) is 43.2. The highest BCUT2D eigenvalue weighted by Gasteiger charge is 2.50. The fourth-order valence-electron chi connectivity index (χ4n) is 9.93. The first-order valence-electron chi connectivity index (χ1n) is 24.5. The quantitative estimate of drug-likeness (QED) is 0.0522. The third-order valence-electron chi connectivity index (χ3n) is 14.5. The predicted molar refractivity (Wildman–Crippen MR) is 274 cm³/mol. The van der Waals surface area contributed by atoms with Crippen molar-refractivity contribution in [2.45, 2.75) is 99.1 Å². The number of amides is 1. The number of aryl methyl sites for hydroxylation is 1. The Balaban J connectivity index is 1.30. The van der Waals surface area contributed by atoms with E-state index >= 15 is 4.39 Å². The minimum Gasteiger partial charge on any atom is -0.507 e. The molecule has 4 aliphatic heterocycles. The summed E-state index contributed by atoms with van der Waals surface area (Å²) in [5.41, 5.74) is -2.20. The fraction of sp³-hybridized carbons (Fsp3) is 0.453. The summed E-state index contributed by atoms with van der Waals surface area (Å²) in [7, 11) is 1.40. The molecule has 4 aromatic rings. The second kappa shape index (κ2) is 21.7. The molecule has 1 amide bonds. The maximum atomic E-state index is 15.7. The van der Waals surface area contributed by atoms with Crippen molar-refractivity contribution in [1.29, 1.82) is 0 Å². The van der Waals surface area contributed by atoms with E-state index in [2.05, 4.69) is 15.4 Å². The van der Waals surface area contributed by atoms with E-state index in [1.54, 1.807) is 50.6 Å². The van der Waals surface area contributed by atoms with Crippen LogP contribution < -0.4 is 20.4 Å². The summed E-state index contributed by atoms with van der Waals surface area (Å²) in [4.78, 5) is 71.9. The van der Waals surface area contributed by atoms with Gasteiger partial charge in [0.15, 0.2) is 17.4 Å². The van der Waals surface area contributed by atoms with Crippen LogP contribution >= 0.6 is 0 Å². The number of benzene rings is 2. The number of ketones is 1. The maximum Gasteiger partial charge on any atom is 0.341 e. The van der Waals surface area contributed by atoms with E-state index in [9.17, 15) is 54.6 Å². The second-order valence-electron chi connectivity index (χ2n) is 19.4. The highest BCUT2D eigenvalue weighted by Crippen LogP contribution is 2.55. The van der Waals surface area contributed by atoms with Crippen LogP contribution in [0.2, 0.25) is 0 Å². The average molecular weight is 1040 g/mol. The van der Waals surface area contributed by atoms with Crippen molar-refractivity contribution in [2.24, 2.45) is 28.8 Å². The van der Waals surface area contributed by atoms with Crippen molar-refractivity contribution in [1.82, 2.24) is 14.6 Å². The summed E-state index contributed by atoms with van der Waals surface area (Å²) in [5, 5.41) is 76.6. The number of ether oxygens (including phenoxy) is 4. The number of halogens is 1. The largest absolute Gasteiger partial charge is 0.507 e. The number of Topliss-reactive ketones (excluding diaryl/α,β-unsaturated/α-hetero) is 1. The SMILES string of the molecule is CCn1cc(C(=O)O)c(=O)c2cc(F)c(N3CCN(/N=C/c4c5c(O)c6c(O)c(C)c7c(c6c4O)C(=O)[C@@](C)(O/C=C/[C@H](OC)[C@@H](C)[C@@H](OC(C)=O)[C@H](C)[C@H](O)[C@H](C)[C@@H](O)[C@@H](C)/C=C/C=C(/C)C(=O)N5)O7)CC3)nc21. The van der Waals surface area contributed by atoms with Crippen LogP contribution in [-0.4, -0.2) is 139 Å². The van der Waals surface area contributed by atoms with Crippen molar-refractivity contribution in [2.75, 3.05) is 43.5 Å². The van der Waals surface area contributed by atoms with Gasteiger partial charge in [0.05, 0.1) is 71.5 Å². The molecular weight excluding hydrogens is 980 g/mol. The first-order valence-corrected chi connectivity index (χ1v) is 24.5. The van der Waals surface area contributed by atoms with Crippen LogP contribution in [0, 0.1) is 36.4 Å². The van der Waals surface area contributed by atoms with E-state index in [1.165, 1.54) is 57.6 Å². The fourth-order valence-corrected chi connectivity index (χ4v) is 9.93. The van der Waals surface area contributed by atoms with Crippen molar-refractivity contribution in [3.8, 4) is 23.0 Å². The molecule has 6 heterocycles. The number of anilines is 2. The molecule has 402 valence electrons. The Bertz CT molecular complexity index is 3140.